The molecule has 0 unspecified atom stereocenters. The number of aromatic nitrogens is 1. The van der Waals surface area contributed by atoms with Gasteiger partial charge in [-0.1, -0.05) is 48.5 Å². The number of nitrogens with zero attached hydrogens (tertiary/aromatic N) is 1. The molecule has 1 heterocycles. The van der Waals surface area contributed by atoms with E-state index in [1.54, 1.807) is 4.90 Å². The molecule has 0 saturated carbocycles. The minimum Gasteiger partial charge on any atom is -0.339 e. The fourth-order valence-corrected chi connectivity index (χ4v) is 2.86. The Morgan fingerprint density at radius 2 is 1.75 bits per heavy atom. The number of para-hydroxylation sites is 1. The summed E-state index contributed by atoms with van der Waals surface area (Å²) in [6, 6.07) is 18.9. The number of pyridine rings is 1. The summed E-state index contributed by atoms with van der Waals surface area (Å²) >= 11 is 0. The molecule has 1 aromatic heterocycles. The van der Waals surface area contributed by atoms with Gasteiger partial charge in [-0.2, -0.15) is 0 Å². The number of carbonyl (C=O) groups excluding carboxylic acids is 1. The lowest BCUT2D eigenvalue weighted by Crippen LogP contribution is -2.33. The van der Waals surface area contributed by atoms with Crippen molar-refractivity contribution in [3.63, 3.8) is 0 Å². The van der Waals surface area contributed by atoms with Crippen LogP contribution in [0.3, 0.4) is 0 Å². The number of carbonyl (C=O) groups is 1. The van der Waals surface area contributed by atoms with Gasteiger partial charge in [-0.15, -0.1) is 0 Å². The molecule has 2 aromatic carbocycles. The lowest BCUT2D eigenvalue weighted by atomic mass is 10.1. The lowest BCUT2D eigenvalue weighted by molar-refractivity contribution is 0.0768. The van der Waals surface area contributed by atoms with Crippen molar-refractivity contribution in [3.8, 4) is 0 Å². The summed E-state index contributed by atoms with van der Waals surface area (Å²) in [4.78, 5) is 29.4. The number of hydrogen-bond acceptors (Lipinski definition) is 2. The van der Waals surface area contributed by atoms with Gasteiger partial charge in [-0.25, -0.2) is 0 Å². The topological polar surface area (TPSA) is 53.2 Å². The van der Waals surface area contributed by atoms with Gasteiger partial charge in [-0.3, -0.25) is 9.59 Å². The largest absolute Gasteiger partial charge is 0.339 e. The number of nitrogens with one attached hydrogen (secondary N) is 1. The van der Waals surface area contributed by atoms with Crippen LogP contribution in [0.15, 0.2) is 65.5 Å². The first-order chi connectivity index (χ1) is 11.7. The Kier molecular flexibility index (Phi) is 4.75. The highest BCUT2D eigenvalue weighted by atomic mass is 16.2. The van der Waals surface area contributed by atoms with Crippen LogP contribution < -0.4 is 5.56 Å². The maximum atomic E-state index is 12.9. The molecular weight excluding hydrogens is 300 g/mol. The van der Waals surface area contributed by atoms with Crippen molar-refractivity contribution in [3.05, 3.63) is 82.1 Å². The molecule has 0 aliphatic heterocycles. The maximum absolute atomic E-state index is 12.9. The average Bonchev–Trinajstić information content (AvgIpc) is 2.62. The quantitative estimate of drug-likeness (QED) is 0.784. The Morgan fingerprint density at radius 3 is 2.50 bits per heavy atom. The van der Waals surface area contributed by atoms with E-state index in [1.165, 1.54) is 11.6 Å². The maximum Gasteiger partial charge on any atom is 0.254 e. The van der Waals surface area contributed by atoms with Gasteiger partial charge >= 0.3 is 0 Å². The summed E-state index contributed by atoms with van der Waals surface area (Å²) in [5, 5.41) is 0.778. The number of rotatable bonds is 5. The molecule has 0 atom stereocenters. The number of fused-ring (bicyclic) bond motifs is 1. The smallest absolute Gasteiger partial charge is 0.254 e. The second-order valence-corrected chi connectivity index (χ2v) is 5.71. The molecule has 0 aliphatic rings. The first-order valence-corrected chi connectivity index (χ1v) is 8.14. The second-order valence-electron chi connectivity index (χ2n) is 5.71. The summed E-state index contributed by atoms with van der Waals surface area (Å²) in [6.45, 7) is 3.19. The third-order valence-corrected chi connectivity index (χ3v) is 4.16. The summed E-state index contributed by atoms with van der Waals surface area (Å²) in [5.74, 6) is -0.101. The molecular formula is C20H20N2O2. The van der Waals surface area contributed by atoms with Crippen molar-refractivity contribution < 1.29 is 4.79 Å². The molecule has 122 valence electrons. The minimum absolute atomic E-state index is 0.101. The standard InChI is InChI=1S/C20H20N2O2/c1-2-22(13-12-15-8-4-3-5-9-15)20(24)17-14-19(23)21-18-11-7-6-10-16(17)18/h3-11,14H,2,12-13H2,1H3,(H,21,23). The number of amides is 1. The summed E-state index contributed by atoms with van der Waals surface area (Å²) in [6.07, 6.45) is 0.793. The fourth-order valence-electron chi connectivity index (χ4n) is 2.86. The zero-order valence-corrected chi connectivity index (χ0v) is 13.7. The highest BCUT2D eigenvalue weighted by Gasteiger charge is 2.17. The number of H-pyrrole nitrogens is 1. The molecule has 4 heteroatoms. The van der Waals surface area contributed by atoms with E-state index < -0.39 is 0 Å². The number of hydrogen-bond donors (Lipinski definition) is 1. The SMILES string of the molecule is CCN(CCc1ccccc1)C(=O)c1cc(=O)[nH]c2ccccc12. The van der Waals surface area contributed by atoms with Crippen molar-refractivity contribution in [1.29, 1.82) is 0 Å². The van der Waals surface area contributed by atoms with Gasteiger partial charge in [0, 0.05) is 30.1 Å². The van der Waals surface area contributed by atoms with Crippen molar-refractivity contribution in [2.24, 2.45) is 0 Å². The number of aromatic amines is 1. The van der Waals surface area contributed by atoms with Crippen molar-refractivity contribution in [1.82, 2.24) is 9.88 Å². The van der Waals surface area contributed by atoms with Gasteiger partial charge in [0.25, 0.3) is 5.91 Å². The molecule has 1 amide bonds. The molecule has 0 bridgehead atoms. The molecule has 3 aromatic rings. The number of benzene rings is 2. The van der Waals surface area contributed by atoms with Crippen LogP contribution >= 0.6 is 0 Å². The van der Waals surface area contributed by atoms with Gasteiger partial charge in [-0.05, 0) is 25.0 Å². The molecule has 24 heavy (non-hydrogen) atoms. The van der Waals surface area contributed by atoms with Gasteiger partial charge in [0.2, 0.25) is 5.56 Å². The fraction of sp³-hybridized carbons (Fsp3) is 0.200. The first kappa shape index (κ1) is 16.0. The van der Waals surface area contributed by atoms with E-state index in [4.69, 9.17) is 0 Å². The van der Waals surface area contributed by atoms with Crippen LogP contribution in [0.4, 0.5) is 0 Å². The van der Waals surface area contributed by atoms with Gasteiger partial charge in [0.15, 0.2) is 0 Å². The molecule has 3 rings (SSSR count). The Hall–Kier alpha value is -2.88. The number of likely N-dealkylation sites (N-methyl/N-ethyl adjacent to an activating group) is 1. The van der Waals surface area contributed by atoms with Crippen molar-refractivity contribution >= 4 is 16.8 Å². The monoisotopic (exact) mass is 320 g/mol. The third kappa shape index (κ3) is 3.38. The Labute approximate surface area is 140 Å². The summed E-state index contributed by atoms with van der Waals surface area (Å²) in [5.41, 5.74) is 2.09. The Morgan fingerprint density at radius 1 is 1.04 bits per heavy atom. The molecule has 0 radical (unpaired) electrons. The van der Waals surface area contributed by atoms with E-state index in [0.717, 1.165) is 11.8 Å². The average molecular weight is 320 g/mol. The predicted octanol–water partition coefficient (Wildman–Crippen LogP) is 3.23. The molecule has 0 fully saturated rings. The van der Waals surface area contributed by atoms with E-state index >= 15 is 0 Å². The van der Waals surface area contributed by atoms with E-state index in [9.17, 15) is 9.59 Å². The van der Waals surface area contributed by atoms with Crippen molar-refractivity contribution in [2.75, 3.05) is 13.1 Å². The summed E-state index contributed by atoms with van der Waals surface area (Å²) < 4.78 is 0. The van der Waals surface area contributed by atoms with Gasteiger partial charge < -0.3 is 9.88 Å². The Bertz CT molecular complexity index is 900. The Balaban J connectivity index is 1.88. The molecule has 0 spiro atoms. The van der Waals surface area contributed by atoms with E-state index in [0.29, 0.717) is 24.2 Å². The van der Waals surface area contributed by atoms with E-state index in [-0.39, 0.29) is 11.5 Å². The molecule has 0 saturated heterocycles. The summed E-state index contributed by atoms with van der Waals surface area (Å²) in [7, 11) is 0. The lowest BCUT2D eigenvalue weighted by Gasteiger charge is -2.21. The van der Waals surface area contributed by atoms with Crippen LogP contribution in [-0.2, 0) is 6.42 Å². The van der Waals surface area contributed by atoms with E-state index in [1.807, 2.05) is 49.4 Å². The van der Waals surface area contributed by atoms with Crippen molar-refractivity contribution in [2.45, 2.75) is 13.3 Å². The van der Waals surface area contributed by atoms with Crippen LogP contribution in [0.2, 0.25) is 0 Å². The van der Waals surface area contributed by atoms with Crippen LogP contribution in [0, 0.1) is 0 Å². The van der Waals surface area contributed by atoms with Gasteiger partial charge in [0.05, 0.1) is 5.56 Å². The highest BCUT2D eigenvalue weighted by Crippen LogP contribution is 2.17. The third-order valence-electron chi connectivity index (χ3n) is 4.16. The molecule has 1 N–H and O–H groups in total. The predicted molar refractivity (Wildman–Crippen MR) is 96.3 cm³/mol. The molecule has 0 aliphatic carbocycles. The van der Waals surface area contributed by atoms with E-state index in [2.05, 4.69) is 17.1 Å². The normalized spacial score (nSPS) is 10.7. The zero-order valence-electron chi connectivity index (χ0n) is 13.7. The molecule has 4 nitrogen and oxygen atoms in total. The van der Waals surface area contributed by atoms with Gasteiger partial charge in [0.1, 0.15) is 0 Å². The zero-order chi connectivity index (χ0) is 16.9. The van der Waals surface area contributed by atoms with Crippen LogP contribution in [-0.4, -0.2) is 28.9 Å². The highest BCUT2D eigenvalue weighted by molar-refractivity contribution is 6.05. The first-order valence-electron chi connectivity index (χ1n) is 8.14. The van der Waals surface area contributed by atoms with Crippen LogP contribution in [0.1, 0.15) is 22.8 Å². The van der Waals surface area contributed by atoms with Crippen LogP contribution in [0.5, 0.6) is 0 Å². The second kappa shape index (κ2) is 7.13. The van der Waals surface area contributed by atoms with Crippen LogP contribution in [0.25, 0.3) is 10.9 Å². The minimum atomic E-state index is -0.254.